The number of nitrogens with one attached hydrogen (secondary N) is 1. The molecule has 1 fully saturated rings. The molecule has 0 aromatic carbocycles. The first-order valence-corrected chi connectivity index (χ1v) is 7.24. The molecule has 0 unspecified atom stereocenters. The molecule has 1 aliphatic carbocycles. The van der Waals surface area contributed by atoms with E-state index >= 15 is 0 Å². The maximum absolute atomic E-state index is 11.6. The van der Waals surface area contributed by atoms with Gasteiger partial charge in [0.05, 0.1) is 0 Å². The van der Waals surface area contributed by atoms with Gasteiger partial charge in [-0.25, -0.2) is 4.79 Å². The standard InChI is InChI=1S/C15H25NO3/c1-3-7-12(2)15(18)19-11-14(17)16-10-13-8-5-4-6-9-13/h7,13H,3-6,8-11H2,1-2H3,(H,16,17)/b12-7-. The third-order valence-electron chi connectivity index (χ3n) is 3.48. The van der Waals surface area contributed by atoms with E-state index in [0.29, 0.717) is 18.0 Å². The molecule has 0 aromatic rings. The van der Waals surface area contributed by atoms with Crippen molar-refractivity contribution in [1.29, 1.82) is 0 Å². The summed E-state index contributed by atoms with van der Waals surface area (Å²) in [7, 11) is 0. The van der Waals surface area contributed by atoms with Crippen molar-refractivity contribution in [2.24, 2.45) is 5.92 Å². The molecule has 0 atom stereocenters. The summed E-state index contributed by atoms with van der Waals surface area (Å²) in [6, 6.07) is 0. The maximum atomic E-state index is 11.6. The highest BCUT2D eigenvalue weighted by Gasteiger charge is 2.15. The van der Waals surface area contributed by atoms with Crippen molar-refractivity contribution in [3.63, 3.8) is 0 Å². The van der Waals surface area contributed by atoms with Crippen LogP contribution in [-0.4, -0.2) is 25.0 Å². The minimum Gasteiger partial charge on any atom is -0.452 e. The fourth-order valence-electron chi connectivity index (χ4n) is 2.33. The number of esters is 1. The van der Waals surface area contributed by atoms with Crippen LogP contribution in [-0.2, 0) is 14.3 Å². The summed E-state index contributed by atoms with van der Waals surface area (Å²) >= 11 is 0. The molecule has 0 aromatic heterocycles. The summed E-state index contributed by atoms with van der Waals surface area (Å²) < 4.78 is 4.94. The summed E-state index contributed by atoms with van der Waals surface area (Å²) in [6.07, 6.45) is 8.80. The van der Waals surface area contributed by atoms with E-state index in [1.807, 2.05) is 6.92 Å². The molecule has 0 radical (unpaired) electrons. The summed E-state index contributed by atoms with van der Waals surface area (Å²) in [5, 5.41) is 2.84. The number of carbonyl (C=O) groups is 2. The molecule has 1 saturated carbocycles. The van der Waals surface area contributed by atoms with E-state index in [1.54, 1.807) is 13.0 Å². The largest absolute Gasteiger partial charge is 0.452 e. The summed E-state index contributed by atoms with van der Waals surface area (Å²) in [4.78, 5) is 23.0. The van der Waals surface area contributed by atoms with Crippen LogP contribution in [0.25, 0.3) is 0 Å². The van der Waals surface area contributed by atoms with Crippen LogP contribution in [0.3, 0.4) is 0 Å². The van der Waals surface area contributed by atoms with Gasteiger partial charge in [-0.2, -0.15) is 0 Å². The van der Waals surface area contributed by atoms with E-state index < -0.39 is 5.97 Å². The Morgan fingerprint density at radius 1 is 1.26 bits per heavy atom. The third-order valence-corrected chi connectivity index (χ3v) is 3.48. The molecule has 4 heteroatoms. The second-order valence-corrected chi connectivity index (χ2v) is 5.18. The maximum Gasteiger partial charge on any atom is 0.333 e. The van der Waals surface area contributed by atoms with Crippen molar-refractivity contribution >= 4 is 11.9 Å². The van der Waals surface area contributed by atoms with Crippen LogP contribution in [0, 0.1) is 5.92 Å². The van der Waals surface area contributed by atoms with Crippen LogP contribution in [0.4, 0.5) is 0 Å². The van der Waals surface area contributed by atoms with E-state index in [-0.39, 0.29) is 12.5 Å². The molecule has 0 bridgehead atoms. The lowest BCUT2D eigenvalue weighted by Gasteiger charge is -2.21. The second-order valence-electron chi connectivity index (χ2n) is 5.18. The summed E-state index contributed by atoms with van der Waals surface area (Å²) in [6.45, 7) is 4.18. The predicted molar refractivity (Wildman–Crippen MR) is 74.6 cm³/mol. The predicted octanol–water partition coefficient (Wildman–Crippen LogP) is 2.58. The van der Waals surface area contributed by atoms with Crippen molar-refractivity contribution in [3.05, 3.63) is 11.6 Å². The minimum atomic E-state index is -0.408. The van der Waals surface area contributed by atoms with E-state index in [1.165, 1.54) is 32.1 Å². The van der Waals surface area contributed by atoms with Crippen LogP contribution in [0.5, 0.6) is 0 Å². The number of rotatable bonds is 6. The first-order chi connectivity index (χ1) is 9.13. The Kier molecular flexibility index (Phi) is 7.23. The van der Waals surface area contributed by atoms with Gasteiger partial charge in [0, 0.05) is 12.1 Å². The lowest BCUT2D eigenvalue weighted by molar-refractivity contribution is -0.144. The lowest BCUT2D eigenvalue weighted by Crippen LogP contribution is -2.33. The molecule has 1 rings (SSSR count). The molecule has 1 amide bonds. The molecule has 1 N–H and O–H groups in total. The van der Waals surface area contributed by atoms with Crippen molar-refractivity contribution < 1.29 is 14.3 Å². The van der Waals surface area contributed by atoms with Crippen molar-refractivity contribution in [1.82, 2.24) is 5.32 Å². The molecular weight excluding hydrogens is 242 g/mol. The number of amides is 1. The summed E-state index contributed by atoms with van der Waals surface area (Å²) in [5.41, 5.74) is 0.558. The average Bonchev–Trinajstić information content (AvgIpc) is 2.43. The monoisotopic (exact) mass is 267 g/mol. The Bertz CT molecular complexity index is 330. The molecule has 0 aliphatic heterocycles. The molecule has 0 spiro atoms. The Labute approximate surface area is 115 Å². The second kappa shape index (κ2) is 8.73. The zero-order valence-electron chi connectivity index (χ0n) is 12.0. The average molecular weight is 267 g/mol. The van der Waals surface area contributed by atoms with Gasteiger partial charge < -0.3 is 10.1 Å². The van der Waals surface area contributed by atoms with Gasteiger partial charge in [-0.3, -0.25) is 4.79 Å². The quantitative estimate of drug-likeness (QED) is 0.594. The number of carbonyl (C=O) groups excluding carboxylic acids is 2. The van der Waals surface area contributed by atoms with E-state index in [9.17, 15) is 9.59 Å². The van der Waals surface area contributed by atoms with E-state index in [4.69, 9.17) is 4.74 Å². The highest BCUT2D eigenvalue weighted by atomic mass is 16.5. The molecule has 4 nitrogen and oxygen atoms in total. The van der Waals surface area contributed by atoms with Gasteiger partial charge >= 0.3 is 5.97 Å². The Balaban J connectivity index is 2.17. The third kappa shape index (κ3) is 6.41. The lowest BCUT2D eigenvalue weighted by atomic mass is 9.89. The van der Waals surface area contributed by atoms with Crippen molar-refractivity contribution in [2.75, 3.05) is 13.2 Å². The van der Waals surface area contributed by atoms with Gasteiger partial charge in [0.25, 0.3) is 5.91 Å². The molecule has 108 valence electrons. The van der Waals surface area contributed by atoms with Crippen LogP contribution in [0.15, 0.2) is 11.6 Å². The summed E-state index contributed by atoms with van der Waals surface area (Å²) in [5.74, 6) is -0.0204. The first kappa shape index (κ1) is 15.7. The van der Waals surface area contributed by atoms with Crippen molar-refractivity contribution in [3.8, 4) is 0 Å². The molecule has 0 heterocycles. The van der Waals surface area contributed by atoms with Crippen LogP contribution in [0.1, 0.15) is 52.4 Å². The van der Waals surface area contributed by atoms with E-state index in [0.717, 1.165) is 6.42 Å². The highest BCUT2D eigenvalue weighted by Crippen LogP contribution is 2.22. The van der Waals surface area contributed by atoms with Gasteiger partial charge in [-0.15, -0.1) is 0 Å². The smallest absolute Gasteiger partial charge is 0.333 e. The van der Waals surface area contributed by atoms with Gasteiger partial charge in [0.15, 0.2) is 6.61 Å². The molecule has 19 heavy (non-hydrogen) atoms. The number of hydrogen-bond acceptors (Lipinski definition) is 3. The van der Waals surface area contributed by atoms with Gasteiger partial charge in [0.1, 0.15) is 0 Å². The van der Waals surface area contributed by atoms with Crippen LogP contribution < -0.4 is 5.32 Å². The Morgan fingerprint density at radius 3 is 2.58 bits per heavy atom. The number of hydrogen-bond donors (Lipinski definition) is 1. The number of ether oxygens (including phenoxy) is 1. The SMILES string of the molecule is CC/C=C(/C)C(=O)OCC(=O)NCC1CCCCC1. The molecule has 0 saturated heterocycles. The zero-order valence-corrected chi connectivity index (χ0v) is 12.0. The van der Waals surface area contributed by atoms with Gasteiger partial charge in [-0.1, -0.05) is 32.3 Å². The zero-order chi connectivity index (χ0) is 14.1. The fraction of sp³-hybridized carbons (Fsp3) is 0.733. The minimum absolute atomic E-state index is 0.180. The molecular formula is C15H25NO3. The van der Waals surface area contributed by atoms with Gasteiger partial charge in [0.2, 0.25) is 0 Å². The Hall–Kier alpha value is -1.32. The fourth-order valence-corrected chi connectivity index (χ4v) is 2.33. The van der Waals surface area contributed by atoms with Crippen LogP contribution in [0.2, 0.25) is 0 Å². The highest BCUT2D eigenvalue weighted by molar-refractivity contribution is 5.89. The molecule has 1 aliphatic rings. The normalized spacial score (nSPS) is 17.1. The topological polar surface area (TPSA) is 55.4 Å². The van der Waals surface area contributed by atoms with E-state index in [2.05, 4.69) is 5.32 Å². The van der Waals surface area contributed by atoms with Crippen molar-refractivity contribution in [2.45, 2.75) is 52.4 Å². The first-order valence-electron chi connectivity index (χ1n) is 7.24. The number of allylic oxidation sites excluding steroid dienone is 1. The van der Waals surface area contributed by atoms with Crippen LogP contribution >= 0.6 is 0 Å². The van der Waals surface area contributed by atoms with Gasteiger partial charge in [-0.05, 0) is 32.1 Å². The Morgan fingerprint density at radius 2 is 1.95 bits per heavy atom.